The summed E-state index contributed by atoms with van der Waals surface area (Å²) in [5.74, 6) is 0. The van der Waals surface area contributed by atoms with Crippen LogP contribution in [0.3, 0.4) is 0 Å². The van der Waals surface area contributed by atoms with Crippen LogP contribution in [0.5, 0.6) is 0 Å². The second-order valence-corrected chi connectivity index (χ2v) is 6.76. The van der Waals surface area contributed by atoms with Crippen LogP contribution in [-0.4, -0.2) is 0 Å². The maximum absolute atomic E-state index is 3.52. The molecule has 0 saturated heterocycles. The minimum atomic E-state index is 0.243. The van der Waals surface area contributed by atoms with Gasteiger partial charge in [0.15, 0.2) is 0 Å². The highest BCUT2D eigenvalue weighted by Gasteiger charge is 2.21. The molecule has 0 radical (unpaired) electrons. The minimum Gasteiger partial charge on any atom is -0.354 e. The molecule has 19 heavy (non-hydrogen) atoms. The van der Waals surface area contributed by atoms with Crippen molar-refractivity contribution in [1.82, 2.24) is 0 Å². The molecule has 1 nitrogen and oxygen atoms in total. The lowest BCUT2D eigenvalue weighted by Gasteiger charge is -2.27. The lowest BCUT2D eigenvalue weighted by Crippen LogP contribution is -2.15. The van der Waals surface area contributed by atoms with E-state index >= 15 is 0 Å². The van der Waals surface area contributed by atoms with Crippen molar-refractivity contribution >= 4 is 23.1 Å². The van der Waals surface area contributed by atoms with E-state index in [-0.39, 0.29) is 5.41 Å². The number of nitrogens with one attached hydrogen (secondary N) is 1. The third-order valence-corrected chi connectivity index (χ3v) is 5.16. The van der Waals surface area contributed by atoms with E-state index in [9.17, 15) is 0 Å². The lowest BCUT2D eigenvalue weighted by molar-refractivity contribution is 0.505. The van der Waals surface area contributed by atoms with Gasteiger partial charge in [0.05, 0.1) is 11.4 Å². The standard InChI is InChI=1S/C17H19NS/c1-4-17(2,3)12-9-10-14-16(11-12)19-15-8-6-5-7-13(15)18-14/h5-11,18H,4H2,1-3H3. The van der Waals surface area contributed by atoms with Crippen LogP contribution in [0, 0.1) is 0 Å². The van der Waals surface area contributed by atoms with Crippen molar-refractivity contribution in [2.75, 3.05) is 5.32 Å². The fourth-order valence-corrected chi connectivity index (χ4v) is 3.29. The smallest absolute Gasteiger partial charge is 0.0526 e. The molecule has 0 amide bonds. The molecule has 0 spiro atoms. The number of para-hydroxylation sites is 1. The number of hydrogen-bond donors (Lipinski definition) is 1. The molecular weight excluding hydrogens is 250 g/mol. The van der Waals surface area contributed by atoms with E-state index in [4.69, 9.17) is 0 Å². The first-order chi connectivity index (χ1) is 9.10. The van der Waals surface area contributed by atoms with Crippen molar-refractivity contribution in [3.05, 3.63) is 48.0 Å². The van der Waals surface area contributed by atoms with E-state index in [0.29, 0.717) is 0 Å². The van der Waals surface area contributed by atoms with Crippen molar-refractivity contribution in [2.24, 2.45) is 0 Å². The normalized spacial score (nSPS) is 13.4. The number of anilines is 2. The van der Waals surface area contributed by atoms with E-state index < -0.39 is 0 Å². The molecular formula is C17H19NS. The average molecular weight is 269 g/mol. The molecule has 1 heterocycles. The first-order valence-electron chi connectivity index (χ1n) is 6.78. The van der Waals surface area contributed by atoms with Gasteiger partial charge in [-0.1, -0.05) is 50.7 Å². The van der Waals surface area contributed by atoms with Crippen molar-refractivity contribution < 1.29 is 0 Å². The summed E-state index contributed by atoms with van der Waals surface area (Å²) in [7, 11) is 0. The van der Waals surface area contributed by atoms with E-state index in [2.05, 4.69) is 68.6 Å². The Morgan fingerprint density at radius 2 is 1.74 bits per heavy atom. The number of hydrogen-bond acceptors (Lipinski definition) is 2. The third-order valence-electron chi connectivity index (χ3n) is 4.02. The Balaban J connectivity index is 2.01. The zero-order valence-corrected chi connectivity index (χ0v) is 12.5. The third kappa shape index (κ3) is 2.25. The van der Waals surface area contributed by atoms with Crippen LogP contribution in [0.15, 0.2) is 52.3 Å². The Morgan fingerprint density at radius 3 is 2.53 bits per heavy atom. The van der Waals surface area contributed by atoms with E-state index in [1.54, 1.807) is 0 Å². The second-order valence-electron chi connectivity index (χ2n) is 5.67. The molecule has 1 aliphatic heterocycles. The molecule has 2 aromatic carbocycles. The molecule has 0 aromatic heterocycles. The second kappa shape index (κ2) is 4.61. The van der Waals surface area contributed by atoms with Gasteiger partial charge in [0, 0.05) is 9.79 Å². The maximum atomic E-state index is 3.52. The molecule has 1 N–H and O–H groups in total. The first kappa shape index (κ1) is 12.6. The van der Waals surface area contributed by atoms with E-state index in [0.717, 1.165) is 6.42 Å². The predicted octanol–water partition coefficient (Wildman–Crippen LogP) is 5.58. The van der Waals surface area contributed by atoms with Gasteiger partial charge in [0.1, 0.15) is 0 Å². The van der Waals surface area contributed by atoms with Gasteiger partial charge in [0.25, 0.3) is 0 Å². The Bertz CT molecular complexity index is 616. The molecule has 0 saturated carbocycles. The van der Waals surface area contributed by atoms with E-state index in [1.807, 2.05) is 11.8 Å². The molecule has 0 aliphatic carbocycles. The van der Waals surface area contributed by atoms with Crippen LogP contribution < -0.4 is 5.32 Å². The molecule has 98 valence electrons. The zero-order valence-electron chi connectivity index (χ0n) is 11.7. The first-order valence-corrected chi connectivity index (χ1v) is 7.60. The van der Waals surface area contributed by atoms with Crippen LogP contribution in [0.1, 0.15) is 32.8 Å². The summed E-state index contributed by atoms with van der Waals surface area (Å²) >= 11 is 1.86. The molecule has 2 aromatic rings. The summed E-state index contributed by atoms with van der Waals surface area (Å²) in [5.41, 5.74) is 4.09. The molecule has 2 heteroatoms. The maximum Gasteiger partial charge on any atom is 0.0526 e. The molecule has 0 atom stereocenters. The minimum absolute atomic E-state index is 0.243. The van der Waals surface area contributed by atoms with Crippen molar-refractivity contribution in [1.29, 1.82) is 0 Å². The van der Waals surface area contributed by atoms with Gasteiger partial charge in [-0.05, 0) is 41.7 Å². The Hall–Kier alpha value is -1.41. The van der Waals surface area contributed by atoms with Gasteiger partial charge in [-0.15, -0.1) is 0 Å². The van der Waals surface area contributed by atoms with Gasteiger partial charge >= 0.3 is 0 Å². The quantitative estimate of drug-likeness (QED) is 0.651. The summed E-state index contributed by atoms with van der Waals surface area (Å²) in [6.07, 6.45) is 1.15. The van der Waals surface area contributed by atoms with Gasteiger partial charge in [-0.25, -0.2) is 0 Å². The molecule has 0 fully saturated rings. The highest BCUT2D eigenvalue weighted by molar-refractivity contribution is 7.99. The number of benzene rings is 2. The zero-order chi connectivity index (χ0) is 13.5. The highest BCUT2D eigenvalue weighted by atomic mass is 32.2. The van der Waals surface area contributed by atoms with Gasteiger partial charge in [-0.3, -0.25) is 0 Å². The monoisotopic (exact) mass is 269 g/mol. The van der Waals surface area contributed by atoms with Crippen LogP contribution in [-0.2, 0) is 5.41 Å². The predicted molar refractivity (Wildman–Crippen MR) is 83.6 cm³/mol. The van der Waals surface area contributed by atoms with Crippen LogP contribution in [0.4, 0.5) is 11.4 Å². The van der Waals surface area contributed by atoms with Gasteiger partial charge in [0.2, 0.25) is 0 Å². The molecule has 1 aliphatic rings. The van der Waals surface area contributed by atoms with Crippen molar-refractivity contribution in [3.8, 4) is 0 Å². The lowest BCUT2D eigenvalue weighted by atomic mass is 9.82. The Kier molecular flexibility index (Phi) is 3.06. The summed E-state index contributed by atoms with van der Waals surface area (Å²) in [4.78, 5) is 2.64. The molecule has 0 bridgehead atoms. The summed E-state index contributed by atoms with van der Waals surface area (Å²) in [6.45, 7) is 6.87. The highest BCUT2D eigenvalue weighted by Crippen LogP contribution is 2.45. The largest absolute Gasteiger partial charge is 0.354 e. The SMILES string of the molecule is CCC(C)(C)c1ccc2c(c1)Sc1ccccc1N2. The van der Waals surface area contributed by atoms with Gasteiger partial charge < -0.3 is 5.32 Å². The average Bonchev–Trinajstić information content (AvgIpc) is 2.44. The van der Waals surface area contributed by atoms with Crippen LogP contribution in [0.25, 0.3) is 0 Å². The summed E-state index contributed by atoms with van der Waals surface area (Å²) in [5, 5.41) is 3.52. The fraction of sp³-hybridized carbons (Fsp3) is 0.294. The fourth-order valence-electron chi connectivity index (χ4n) is 2.26. The Morgan fingerprint density at radius 1 is 1.00 bits per heavy atom. The summed E-state index contributed by atoms with van der Waals surface area (Å²) in [6, 6.07) is 15.3. The number of rotatable bonds is 2. The number of fused-ring (bicyclic) bond motifs is 2. The Labute approximate surface area is 119 Å². The molecule has 0 unspecified atom stereocenters. The topological polar surface area (TPSA) is 12.0 Å². The van der Waals surface area contributed by atoms with Crippen molar-refractivity contribution in [3.63, 3.8) is 0 Å². The van der Waals surface area contributed by atoms with Gasteiger partial charge in [-0.2, -0.15) is 0 Å². The summed E-state index contributed by atoms with van der Waals surface area (Å²) < 4.78 is 0. The van der Waals surface area contributed by atoms with Crippen molar-refractivity contribution in [2.45, 2.75) is 42.4 Å². The molecule has 3 rings (SSSR count). The van der Waals surface area contributed by atoms with Crippen LogP contribution in [0.2, 0.25) is 0 Å². The van der Waals surface area contributed by atoms with Crippen LogP contribution >= 0.6 is 11.8 Å². The van der Waals surface area contributed by atoms with E-state index in [1.165, 1.54) is 26.7 Å².